The number of H-pyrrole nitrogens is 1. The summed E-state index contributed by atoms with van der Waals surface area (Å²) in [4.78, 5) is 55.9. The predicted octanol–water partition coefficient (Wildman–Crippen LogP) is 3.03. The Labute approximate surface area is 225 Å². The molecular weight excluding hydrogens is 593 g/mol. The van der Waals surface area contributed by atoms with Gasteiger partial charge in [-0.2, -0.15) is 0 Å². The number of urea groups is 2. The van der Waals surface area contributed by atoms with Crippen LogP contribution in [-0.2, 0) is 22.5 Å². The van der Waals surface area contributed by atoms with Crippen LogP contribution < -0.4 is 16.4 Å². The van der Waals surface area contributed by atoms with Gasteiger partial charge in [0.25, 0.3) is 0 Å². The van der Waals surface area contributed by atoms with E-state index in [1.165, 1.54) is 7.11 Å². The van der Waals surface area contributed by atoms with Gasteiger partial charge in [-0.3, -0.25) is 4.98 Å². The molecule has 1 saturated heterocycles. The number of benzene rings is 2. The Hall–Kier alpha value is -3.55. The average Bonchev–Trinajstić information content (AvgIpc) is 3.28. The number of piperidine rings is 1. The zero-order valence-electron chi connectivity index (χ0n) is 20.1. The number of rotatable bonds is 5. The molecule has 3 aromatic rings. The summed E-state index contributed by atoms with van der Waals surface area (Å²) in [5.74, 6) is -1.13. The molecule has 1 atom stereocenters. The zero-order chi connectivity index (χ0) is 26.1. The van der Waals surface area contributed by atoms with Crippen molar-refractivity contribution in [1.82, 2.24) is 20.1 Å². The summed E-state index contributed by atoms with van der Waals surface area (Å²) >= 11 is 2.08. The number of anilines is 1. The first-order chi connectivity index (χ1) is 17.8. The minimum atomic E-state index is -0.918. The maximum Gasteiger partial charge on any atom is 0.417 e. The van der Waals surface area contributed by atoms with Crippen LogP contribution in [0.4, 0.5) is 15.3 Å². The highest BCUT2D eigenvalue weighted by Gasteiger charge is 2.33. The Balaban J connectivity index is 1.22. The number of hydrogen-bond acceptors (Lipinski definition) is 6. The van der Waals surface area contributed by atoms with Crippen LogP contribution in [0.3, 0.4) is 0 Å². The van der Waals surface area contributed by atoms with Crippen molar-refractivity contribution in [3.05, 3.63) is 61.6 Å². The summed E-state index contributed by atoms with van der Waals surface area (Å²) in [5, 5.41) is 5.73. The minimum absolute atomic E-state index is 0.0126. The topological polar surface area (TPSA) is 137 Å². The number of para-hydroxylation sites is 1. The second-order valence-corrected chi connectivity index (χ2v) is 10.3. The third kappa shape index (κ3) is 5.29. The van der Waals surface area contributed by atoms with E-state index in [0.717, 1.165) is 14.8 Å². The Morgan fingerprint density at radius 2 is 1.97 bits per heavy atom. The number of aromatic nitrogens is 1. The van der Waals surface area contributed by atoms with Gasteiger partial charge in [-0.15, -0.1) is 0 Å². The molecule has 12 heteroatoms. The molecule has 4 amide bonds. The molecule has 5 rings (SSSR count). The Morgan fingerprint density at radius 1 is 1.22 bits per heavy atom. The maximum absolute atomic E-state index is 13.1. The number of carbonyl (C=O) groups is 3. The molecule has 194 valence electrons. The molecule has 1 unspecified atom stereocenters. The van der Waals surface area contributed by atoms with E-state index >= 15 is 0 Å². The largest absolute Gasteiger partial charge is 0.467 e. The van der Waals surface area contributed by atoms with Gasteiger partial charge in [0.1, 0.15) is 11.6 Å². The molecule has 0 aliphatic carbocycles. The van der Waals surface area contributed by atoms with Gasteiger partial charge in [-0.1, -0.05) is 18.2 Å². The average molecular weight is 619 g/mol. The van der Waals surface area contributed by atoms with Crippen molar-refractivity contribution in [2.24, 2.45) is 0 Å². The van der Waals surface area contributed by atoms with E-state index in [0.29, 0.717) is 49.1 Å². The lowest BCUT2D eigenvalue weighted by atomic mass is 10.0. The van der Waals surface area contributed by atoms with Crippen LogP contribution in [0.2, 0.25) is 0 Å². The number of aromatic amines is 1. The van der Waals surface area contributed by atoms with Crippen molar-refractivity contribution < 1.29 is 23.5 Å². The third-order valence-electron chi connectivity index (χ3n) is 6.82. The number of nitrogens with one attached hydrogen (secondary N) is 3. The monoisotopic (exact) mass is 619 g/mol. The lowest BCUT2D eigenvalue weighted by molar-refractivity contribution is -0.142. The summed E-state index contributed by atoms with van der Waals surface area (Å²) in [6, 6.07) is 9.83. The molecule has 3 heterocycles. The fourth-order valence-corrected chi connectivity index (χ4v) is 5.69. The van der Waals surface area contributed by atoms with E-state index in [1.807, 2.05) is 35.2 Å². The molecular formula is C25H26IN5O6. The highest BCUT2D eigenvalue weighted by molar-refractivity contribution is 14.1. The van der Waals surface area contributed by atoms with E-state index in [9.17, 15) is 19.2 Å². The van der Waals surface area contributed by atoms with Gasteiger partial charge in [-0.05, 0) is 64.8 Å². The number of nitrogens with zero attached hydrogens (tertiary/aromatic N) is 2. The zero-order valence-corrected chi connectivity index (χ0v) is 22.2. The van der Waals surface area contributed by atoms with E-state index in [2.05, 4.69) is 38.2 Å². The molecule has 2 aliphatic rings. The number of fused-ring (bicyclic) bond motifs is 2. The normalized spacial score (nSPS) is 16.8. The van der Waals surface area contributed by atoms with Gasteiger partial charge in [0, 0.05) is 41.4 Å². The SMILES string of the molecule is COC(=O)C(Cc1cc(I)c2[nH]c(=O)oc2c1)NC(=O)N1CCC(N2Cc3ccccc3NC2=O)CC1. The molecule has 0 bridgehead atoms. The highest BCUT2D eigenvalue weighted by atomic mass is 127. The van der Waals surface area contributed by atoms with Gasteiger partial charge in [-0.25, -0.2) is 19.2 Å². The van der Waals surface area contributed by atoms with E-state index in [-0.39, 0.29) is 24.5 Å². The minimum Gasteiger partial charge on any atom is -0.467 e. The first-order valence-electron chi connectivity index (χ1n) is 11.9. The molecule has 3 N–H and O–H groups in total. The Kier molecular flexibility index (Phi) is 7.09. The molecule has 1 fully saturated rings. The predicted molar refractivity (Wildman–Crippen MR) is 143 cm³/mol. The van der Waals surface area contributed by atoms with Gasteiger partial charge >= 0.3 is 23.8 Å². The second kappa shape index (κ2) is 10.4. The molecule has 0 radical (unpaired) electrons. The summed E-state index contributed by atoms with van der Waals surface area (Å²) in [6.07, 6.45) is 1.43. The smallest absolute Gasteiger partial charge is 0.417 e. The highest BCUT2D eigenvalue weighted by Crippen LogP contribution is 2.27. The van der Waals surface area contributed by atoms with Crippen LogP contribution in [0.5, 0.6) is 0 Å². The van der Waals surface area contributed by atoms with Gasteiger partial charge in [0.05, 0.1) is 7.11 Å². The van der Waals surface area contributed by atoms with Crippen molar-refractivity contribution in [3.8, 4) is 0 Å². The van der Waals surface area contributed by atoms with Crippen LogP contribution in [0, 0.1) is 3.57 Å². The second-order valence-electron chi connectivity index (χ2n) is 9.13. The number of carbonyl (C=O) groups excluding carboxylic acids is 3. The maximum atomic E-state index is 13.1. The van der Waals surface area contributed by atoms with Crippen LogP contribution in [0.1, 0.15) is 24.0 Å². The molecule has 0 spiro atoms. The fraction of sp³-hybridized carbons (Fsp3) is 0.360. The number of halogens is 1. The van der Waals surface area contributed by atoms with Gasteiger partial charge in [0.15, 0.2) is 5.58 Å². The number of likely N-dealkylation sites (tertiary alicyclic amines) is 1. The summed E-state index contributed by atoms with van der Waals surface area (Å²) < 4.78 is 10.8. The van der Waals surface area contributed by atoms with Crippen molar-refractivity contribution >= 4 is 57.4 Å². The summed E-state index contributed by atoms with van der Waals surface area (Å²) in [7, 11) is 1.27. The van der Waals surface area contributed by atoms with Crippen molar-refractivity contribution in [3.63, 3.8) is 0 Å². The third-order valence-corrected chi connectivity index (χ3v) is 7.67. The number of methoxy groups -OCH3 is 1. The van der Waals surface area contributed by atoms with Gasteiger partial charge in [0.2, 0.25) is 0 Å². The van der Waals surface area contributed by atoms with Crippen molar-refractivity contribution in [2.45, 2.75) is 37.9 Å². The fourth-order valence-electron chi connectivity index (χ4n) is 4.89. The molecule has 11 nitrogen and oxygen atoms in total. The first-order valence-corrected chi connectivity index (χ1v) is 13.0. The number of hydrogen-bond donors (Lipinski definition) is 3. The van der Waals surface area contributed by atoms with Crippen LogP contribution in [0.25, 0.3) is 11.1 Å². The number of ether oxygens (including phenoxy) is 1. The van der Waals surface area contributed by atoms with Crippen LogP contribution in [-0.4, -0.2) is 65.1 Å². The first kappa shape index (κ1) is 25.1. The molecule has 2 aromatic carbocycles. The van der Waals surface area contributed by atoms with Crippen molar-refractivity contribution in [2.75, 3.05) is 25.5 Å². The quantitative estimate of drug-likeness (QED) is 0.297. The van der Waals surface area contributed by atoms with E-state index in [1.54, 1.807) is 11.0 Å². The number of esters is 1. The number of oxazole rings is 1. The molecule has 0 saturated carbocycles. The van der Waals surface area contributed by atoms with Crippen LogP contribution >= 0.6 is 22.6 Å². The molecule has 37 heavy (non-hydrogen) atoms. The Bertz CT molecular complexity index is 1410. The molecule has 1 aromatic heterocycles. The lowest BCUT2D eigenvalue weighted by Gasteiger charge is -2.40. The molecule has 2 aliphatic heterocycles. The standard InChI is InChI=1S/C25H26IN5O6/c1-36-22(32)19(11-14-10-17(26)21-20(12-14)37-25(35)29-21)28-23(33)30-8-6-16(7-9-30)31-13-15-4-2-3-5-18(15)27-24(31)34/h2-5,10,12,16,19H,6-9,11,13H2,1H3,(H,27,34)(H,28,33)(H,29,35). The lowest BCUT2D eigenvalue weighted by Crippen LogP contribution is -2.54. The summed E-state index contributed by atoms with van der Waals surface area (Å²) in [5.41, 5.74) is 3.58. The van der Waals surface area contributed by atoms with Crippen LogP contribution in [0.15, 0.2) is 45.6 Å². The number of amides is 4. The van der Waals surface area contributed by atoms with Crippen molar-refractivity contribution in [1.29, 1.82) is 0 Å². The van der Waals surface area contributed by atoms with E-state index < -0.39 is 17.8 Å². The van der Waals surface area contributed by atoms with Gasteiger partial charge < -0.3 is 29.6 Å². The Morgan fingerprint density at radius 3 is 2.73 bits per heavy atom. The van der Waals surface area contributed by atoms with E-state index in [4.69, 9.17) is 9.15 Å². The summed E-state index contributed by atoms with van der Waals surface area (Å²) in [6.45, 7) is 1.44.